The molecular formula is C28H44O4. The van der Waals surface area contributed by atoms with Crippen LogP contribution in [0.2, 0.25) is 0 Å². The molecule has 0 aliphatic heterocycles. The smallest absolute Gasteiger partial charge is 0.100 e. The first-order valence-electron chi connectivity index (χ1n) is 12.1. The van der Waals surface area contributed by atoms with E-state index in [1.165, 1.54) is 0 Å². The van der Waals surface area contributed by atoms with Crippen LogP contribution in [-0.2, 0) is 4.74 Å². The third-order valence-electron chi connectivity index (χ3n) is 6.83. The summed E-state index contributed by atoms with van der Waals surface area (Å²) in [5.74, 6) is 0. The zero-order chi connectivity index (χ0) is 23.8. The van der Waals surface area contributed by atoms with E-state index >= 15 is 0 Å². The Kier molecular flexibility index (Phi) is 10.2. The molecule has 0 saturated heterocycles. The lowest BCUT2D eigenvalue weighted by molar-refractivity contribution is 0.0135. The highest BCUT2D eigenvalue weighted by Gasteiger charge is 2.22. The number of aliphatic hydroxyl groups is 3. The Morgan fingerprint density at radius 2 is 1.25 bits per heavy atom. The molecular weight excluding hydrogens is 400 g/mol. The van der Waals surface area contributed by atoms with Crippen molar-refractivity contribution in [2.75, 3.05) is 13.7 Å². The van der Waals surface area contributed by atoms with E-state index in [-0.39, 0.29) is 17.6 Å². The van der Waals surface area contributed by atoms with E-state index in [4.69, 9.17) is 4.74 Å². The minimum absolute atomic E-state index is 0.0297. The van der Waals surface area contributed by atoms with E-state index in [2.05, 4.69) is 27.7 Å². The van der Waals surface area contributed by atoms with Crippen LogP contribution >= 0.6 is 0 Å². The van der Waals surface area contributed by atoms with Crippen LogP contribution in [0.15, 0.2) is 58.7 Å². The second-order valence-electron chi connectivity index (χ2n) is 10.7. The molecule has 0 aromatic heterocycles. The maximum Gasteiger partial charge on any atom is 0.100 e. The molecule has 0 bridgehead atoms. The van der Waals surface area contributed by atoms with E-state index in [0.29, 0.717) is 0 Å². The van der Waals surface area contributed by atoms with Gasteiger partial charge < -0.3 is 20.1 Å². The first-order valence-corrected chi connectivity index (χ1v) is 12.1. The lowest BCUT2D eigenvalue weighted by atomic mass is 9.87. The van der Waals surface area contributed by atoms with E-state index in [1.54, 1.807) is 7.11 Å². The summed E-state index contributed by atoms with van der Waals surface area (Å²) >= 11 is 0. The highest BCUT2D eigenvalue weighted by Crippen LogP contribution is 2.30. The maximum absolute atomic E-state index is 10.6. The molecule has 0 aromatic carbocycles. The van der Waals surface area contributed by atoms with Crippen LogP contribution in [0.1, 0.15) is 79.1 Å². The predicted molar refractivity (Wildman–Crippen MR) is 132 cm³/mol. The van der Waals surface area contributed by atoms with Crippen LogP contribution in [-0.4, -0.2) is 46.8 Å². The summed E-state index contributed by atoms with van der Waals surface area (Å²) in [5.41, 5.74) is 3.74. The van der Waals surface area contributed by atoms with Crippen molar-refractivity contribution in [3.05, 3.63) is 58.7 Å². The Bertz CT molecular complexity index is 700. The van der Waals surface area contributed by atoms with Gasteiger partial charge >= 0.3 is 0 Å². The molecule has 2 atom stereocenters. The first-order chi connectivity index (χ1) is 15.1. The molecule has 4 heteroatoms. The van der Waals surface area contributed by atoms with Gasteiger partial charge in [0.1, 0.15) is 12.2 Å². The standard InChI is InChI=1S/C28H44O4/c1-27(2,20-29)18-8-6-10-21-12-14-23(25(21)30)16-17-24-15-13-22(26(24)31)11-7-9-19-28(3,4)32-5/h12-17,25-26,29-31H,6-11,18-20H2,1-5H3/b17-16-. The molecule has 0 fully saturated rings. The molecule has 0 radical (unpaired) electrons. The second-order valence-corrected chi connectivity index (χ2v) is 10.7. The van der Waals surface area contributed by atoms with Crippen LogP contribution in [0.5, 0.6) is 0 Å². The monoisotopic (exact) mass is 444 g/mol. The van der Waals surface area contributed by atoms with Gasteiger partial charge in [0.2, 0.25) is 0 Å². The van der Waals surface area contributed by atoms with Crippen molar-refractivity contribution in [1.29, 1.82) is 0 Å². The van der Waals surface area contributed by atoms with E-state index < -0.39 is 12.2 Å². The molecule has 4 nitrogen and oxygen atoms in total. The zero-order valence-corrected chi connectivity index (χ0v) is 20.7. The van der Waals surface area contributed by atoms with Crippen molar-refractivity contribution in [3.8, 4) is 0 Å². The molecule has 0 saturated carbocycles. The fourth-order valence-electron chi connectivity index (χ4n) is 4.12. The number of allylic oxidation sites excluding steroid dienone is 4. The molecule has 2 aliphatic rings. The van der Waals surface area contributed by atoms with Crippen molar-refractivity contribution >= 4 is 0 Å². The SMILES string of the molecule is COC(C)(C)CCCCC1=CC=C(/C=C\C2=CC=C(CCCCC(C)(C)CO)C2O)C1O. The molecule has 0 amide bonds. The van der Waals surface area contributed by atoms with Gasteiger partial charge in [0.25, 0.3) is 0 Å². The van der Waals surface area contributed by atoms with E-state index in [0.717, 1.165) is 73.7 Å². The van der Waals surface area contributed by atoms with Gasteiger partial charge in [-0.15, -0.1) is 0 Å². The Labute approximate surface area is 195 Å². The molecule has 180 valence electrons. The number of methoxy groups -OCH3 is 1. The Balaban J connectivity index is 1.72. The first kappa shape index (κ1) is 26.8. The number of hydrogen-bond acceptors (Lipinski definition) is 4. The van der Waals surface area contributed by atoms with Gasteiger partial charge in [0.15, 0.2) is 0 Å². The Hall–Kier alpha value is -1.46. The van der Waals surface area contributed by atoms with Crippen LogP contribution in [0.3, 0.4) is 0 Å². The number of unbranched alkanes of at least 4 members (excludes halogenated alkanes) is 2. The molecule has 32 heavy (non-hydrogen) atoms. The molecule has 2 aliphatic carbocycles. The summed E-state index contributed by atoms with van der Waals surface area (Å²) in [5, 5.41) is 30.7. The van der Waals surface area contributed by atoms with Crippen molar-refractivity contribution in [2.45, 2.75) is 96.9 Å². The molecule has 2 rings (SSSR count). The number of hydrogen-bond donors (Lipinski definition) is 3. The van der Waals surface area contributed by atoms with Crippen molar-refractivity contribution in [1.82, 2.24) is 0 Å². The highest BCUT2D eigenvalue weighted by atomic mass is 16.5. The van der Waals surface area contributed by atoms with Crippen molar-refractivity contribution in [2.24, 2.45) is 5.41 Å². The summed E-state index contributed by atoms with van der Waals surface area (Å²) in [4.78, 5) is 0. The molecule has 2 unspecified atom stereocenters. The van der Waals surface area contributed by atoms with Gasteiger partial charge in [-0.3, -0.25) is 0 Å². The van der Waals surface area contributed by atoms with Crippen LogP contribution in [0.25, 0.3) is 0 Å². The average molecular weight is 445 g/mol. The number of aliphatic hydroxyl groups excluding tert-OH is 3. The van der Waals surface area contributed by atoms with Crippen LogP contribution < -0.4 is 0 Å². The normalized spacial score (nSPS) is 21.8. The van der Waals surface area contributed by atoms with Gasteiger partial charge in [0.05, 0.1) is 5.60 Å². The lowest BCUT2D eigenvalue weighted by Gasteiger charge is -2.22. The Morgan fingerprint density at radius 1 is 0.781 bits per heavy atom. The van der Waals surface area contributed by atoms with Gasteiger partial charge in [-0.1, -0.05) is 63.1 Å². The minimum atomic E-state index is -0.562. The molecule has 3 N–H and O–H groups in total. The van der Waals surface area contributed by atoms with E-state index in [9.17, 15) is 15.3 Å². The lowest BCUT2D eigenvalue weighted by Crippen LogP contribution is -2.21. The largest absolute Gasteiger partial charge is 0.396 e. The summed E-state index contributed by atoms with van der Waals surface area (Å²) in [6.07, 6.45) is 18.7. The third kappa shape index (κ3) is 8.15. The van der Waals surface area contributed by atoms with Gasteiger partial charge in [-0.2, -0.15) is 0 Å². The Morgan fingerprint density at radius 3 is 1.69 bits per heavy atom. The summed E-state index contributed by atoms with van der Waals surface area (Å²) in [6.45, 7) is 8.57. The van der Waals surface area contributed by atoms with Gasteiger partial charge in [0, 0.05) is 13.7 Å². The summed E-state index contributed by atoms with van der Waals surface area (Å²) in [7, 11) is 1.75. The summed E-state index contributed by atoms with van der Waals surface area (Å²) in [6, 6.07) is 0. The number of ether oxygens (including phenoxy) is 1. The highest BCUT2D eigenvalue weighted by molar-refractivity contribution is 5.48. The quantitative estimate of drug-likeness (QED) is 0.307. The number of rotatable bonds is 14. The fourth-order valence-corrected chi connectivity index (χ4v) is 4.12. The average Bonchev–Trinajstić information content (AvgIpc) is 3.29. The van der Waals surface area contributed by atoms with Gasteiger partial charge in [-0.05, 0) is 80.1 Å². The topological polar surface area (TPSA) is 69.9 Å². The molecule has 0 heterocycles. The fraction of sp³-hybridized carbons (Fsp3) is 0.643. The van der Waals surface area contributed by atoms with Gasteiger partial charge in [-0.25, -0.2) is 0 Å². The predicted octanol–water partition coefficient (Wildman–Crippen LogP) is 5.56. The molecule has 0 aromatic rings. The third-order valence-corrected chi connectivity index (χ3v) is 6.83. The van der Waals surface area contributed by atoms with Crippen LogP contribution in [0, 0.1) is 5.41 Å². The summed E-state index contributed by atoms with van der Waals surface area (Å²) < 4.78 is 5.47. The van der Waals surface area contributed by atoms with Crippen LogP contribution in [0.4, 0.5) is 0 Å². The minimum Gasteiger partial charge on any atom is -0.396 e. The maximum atomic E-state index is 10.6. The zero-order valence-electron chi connectivity index (χ0n) is 20.7. The van der Waals surface area contributed by atoms with Crippen molar-refractivity contribution < 1.29 is 20.1 Å². The second kappa shape index (κ2) is 12.1. The van der Waals surface area contributed by atoms with Crippen molar-refractivity contribution in [3.63, 3.8) is 0 Å². The molecule has 0 spiro atoms. The van der Waals surface area contributed by atoms with E-state index in [1.807, 2.05) is 36.5 Å².